The predicted molar refractivity (Wildman–Crippen MR) is 102 cm³/mol. The maximum absolute atomic E-state index is 12.9. The van der Waals surface area contributed by atoms with Crippen LogP contribution in [0.5, 0.6) is 5.88 Å². The van der Waals surface area contributed by atoms with E-state index in [0.29, 0.717) is 19.0 Å². The minimum atomic E-state index is -0.476. The molecular formula is C18H21N7O4. The number of ether oxygens (including phenoxy) is 1. The normalized spacial score (nSPS) is 16.9. The average Bonchev–Trinajstić information content (AvgIpc) is 3.15. The summed E-state index contributed by atoms with van der Waals surface area (Å²) in [6, 6.07) is 0. The van der Waals surface area contributed by atoms with Gasteiger partial charge in [-0.1, -0.05) is 0 Å². The number of carbonyl (C=O) groups is 1. The number of piperidine rings is 1. The first-order valence-electron chi connectivity index (χ1n) is 9.27. The third-order valence-electron chi connectivity index (χ3n) is 5.08. The third-order valence-corrected chi connectivity index (χ3v) is 5.08. The number of hydrogen-bond donors (Lipinski definition) is 0. The Balaban J connectivity index is 1.52. The molecule has 1 unspecified atom stereocenters. The second kappa shape index (κ2) is 7.49. The van der Waals surface area contributed by atoms with Gasteiger partial charge >= 0.3 is 5.69 Å². The van der Waals surface area contributed by atoms with E-state index >= 15 is 0 Å². The molecule has 1 fully saturated rings. The van der Waals surface area contributed by atoms with E-state index in [1.165, 1.54) is 22.5 Å². The summed E-state index contributed by atoms with van der Waals surface area (Å²) in [5.74, 6) is 0.282. The molecule has 0 aromatic carbocycles. The van der Waals surface area contributed by atoms with Gasteiger partial charge < -0.3 is 14.2 Å². The largest absolute Gasteiger partial charge is 0.471 e. The molecule has 11 heteroatoms. The van der Waals surface area contributed by atoms with Crippen molar-refractivity contribution in [3.05, 3.63) is 45.8 Å². The van der Waals surface area contributed by atoms with Crippen molar-refractivity contribution in [2.75, 3.05) is 13.1 Å². The molecule has 0 saturated carbocycles. The summed E-state index contributed by atoms with van der Waals surface area (Å²) in [4.78, 5) is 51.4. The third kappa shape index (κ3) is 3.50. The second-order valence-corrected chi connectivity index (χ2v) is 7.02. The molecule has 1 amide bonds. The molecule has 0 aliphatic carbocycles. The number of aromatic nitrogens is 6. The van der Waals surface area contributed by atoms with Crippen LogP contribution in [0.15, 0.2) is 34.5 Å². The lowest BCUT2D eigenvalue weighted by molar-refractivity contribution is -0.134. The molecule has 0 N–H and O–H groups in total. The number of aryl methyl sites for hydroxylation is 1. The van der Waals surface area contributed by atoms with Gasteiger partial charge in [0, 0.05) is 33.0 Å². The summed E-state index contributed by atoms with van der Waals surface area (Å²) < 4.78 is 9.63. The van der Waals surface area contributed by atoms with Crippen molar-refractivity contribution < 1.29 is 9.53 Å². The first-order chi connectivity index (χ1) is 14.0. The minimum absolute atomic E-state index is 0.0399. The summed E-state index contributed by atoms with van der Waals surface area (Å²) in [7, 11) is 2.95. The van der Waals surface area contributed by atoms with Crippen LogP contribution in [-0.2, 0) is 25.4 Å². The predicted octanol–water partition coefficient (Wildman–Crippen LogP) is -0.706. The number of nitrogens with zero attached hydrogens (tertiary/aromatic N) is 7. The number of imidazole rings is 1. The first kappa shape index (κ1) is 18.8. The van der Waals surface area contributed by atoms with Crippen LogP contribution >= 0.6 is 0 Å². The van der Waals surface area contributed by atoms with Crippen LogP contribution in [0.25, 0.3) is 11.2 Å². The molecule has 11 nitrogen and oxygen atoms in total. The van der Waals surface area contributed by atoms with E-state index in [1.807, 2.05) is 0 Å². The molecule has 0 spiro atoms. The Bertz CT molecular complexity index is 1160. The van der Waals surface area contributed by atoms with Crippen molar-refractivity contribution >= 4 is 17.1 Å². The number of hydrogen-bond acceptors (Lipinski definition) is 7. The van der Waals surface area contributed by atoms with Gasteiger partial charge in [-0.2, -0.15) is 0 Å². The fourth-order valence-corrected chi connectivity index (χ4v) is 3.54. The van der Waals surface area contributed by atoms with Gasteiger partial charge in [-0.15, -0.1) is 0 Å². The topological polar surface area (TPSA) is 117 Å². The van der Waals surface area contributed by atoms with E-state index in [1.54, 1.807) is 30.5 Å². The lowest BCUT2D eigenvalue weighted by atomic mass is 10.1. The summed E-state index contributed by atoms with van der Waals surface area (Å²) >= 11 is 0. The van der Waals surface area contributed by atoms with Gasteiger partial charge in [-0.3, -0.25) is 23.7 Å². The van der Waals surface area contributed by atoms with E-state index in [4.69, 9.17) is 4.74 Å². The summed E-state index contributed by atoms with van der Waals surface area (Å²) in [5.41, 5.74) is -0.448. The van der Waals surface area contributed by atoms with E-state index in [2.05, 4.69) is 15.0 Å². The Morgan fingerprint density at radius 3 is 2.79 bits per heavy atom. The Morgan fingerprint density at radius 2 is 2.03 bits per heavy atom. The van der Waals surface area contributed by atoms with Crippen molar-refractivity contribution in [1.29, 1.82) is 0 Å². The SMILES string of the molecule is Cn1c(=O)c2c(ncn2CC(=O)N2CCCC(Oc3cnccn3)C2)n(C)c1=O. The van der Waals surface area contributed by atoms with Crippen LogP contribution < -0.4 is 16.0 Å². The summed E-state index contributed by atoms with van der Waals surface area (Å²) in [5, 5.41) is 0. The first-order valence-corrected chi connectivity index (χ1v) is 9.27. The standard InChI is InChI=1S/C18H21N7O4/c1-22-16-15(17(27)23(2)18(22)28)25(11-21-16)10-14(26)24-7-3-4-12(9-24)29-13-8-19-5-6-20-13/h5-6,8,11-12H,3-4,7,9-10H2,1-2H3. The zero-order chi connectivity index (χ0) is 20.5. The quantitative estimate of drug-likeness (QED) is 0.569. The Kier molecular flexibility index (Phi) is 4.87. The Labute approximate surface area is 165 Å². The molecule has 0 bridgehead atoms. The van der Waals surface area contributed by atoms with E-state index in [0.717, 1.165) is 17.4 Å². The molecule has 3 aromatic heterocycles. The van der Waals surface area contributed by atoms with E-state index in [9.17, 15) is 14.4 Å². The molecule has 3 aromatic rings. The number of fused-ring (bicyclic) bond motifs is 1. The molecular weight excluding hydrogens is 378 g/mol. The maximum Gasteiger partial charge on any atom is 0.332 e. The van der Waals surface area contributed by atoms with Gasteiger partial charge in [0.15, 0.2) is 11.2 Å². The van der Waals surface area contributed by atoms with Crippen LogP contribution in [0.1, 0.15) is 12.8 Å². The molecule has 152 valence electrons. The van der Waals surface area contributed by atoms with Gasteiger partial charge in [-0.25, -0.2) is 14.8 Å². The van der Waals surface area contributed by atoms with Crippen LogP contribution in [0.4, 0.5) is 0 Å². The molecule has 1 saturated heterocycles. The number of rotatable bonds is 4. The Hall–Kier alpha value is -3.50. The van der Waals surface area contributed by atoms with Crippen molar-refractivity contribution in [1.82, 2.24) is 33.6 Å². The van der Waals surface area contributed by atoms with Crippen molar-refractivity contribution in [3.8, 4) is 5.88 Å². The zero-order valence-corrected chi connectivity index (χ0v) is 16.2. The minimum Gasteiger partial charge on any atom is -0.471 e. The highest BCUT2D eigenvalue weighted by atomic mass is 16.5. The van der Waals surface area contributed by atoms with E-state index in [-0.39, 0.29) is 29.7 Å². The fraction of sp³-hybridized carbons (Fsp3) is 0.444. The van der Waals surface area contributed by atoms with Crippen LogP contribution in [0.2, 0.25) is 0 Å². The van der Waals surface area contributed by atoms with E-state index < -0.39 is 11.2 Å². The number of likely N-dealkylation sites (tertiary alicyclic amines) is 1. The molecule has 1 aliphatic rings. The molecule has 1 atom stereocenters. The Morgan fingerprint density at radius 1 is 1.21 bits per heavy atom. The lowest BCUT2D eigenvalue weighted by Crippen LogP contribution is -2.45. The summed E-state index contributed by atoms with van der Waals surface area (Å²) in [6.07, 6.45) is 7.53. The summed E-state index contributed by atoms with van der Waals surface area (Å²) in [6.45, 7) is 1.00. The van der Waals surface area contributed by atoms with Gasteiger partial charge in [0.25, 0.3) is 5.56 Å². The molecule has 29 heavy (non-hydrogen) atoms. The maximum atomic E-state index is 12.9. The van der Waals surface area contributed by atoms with Crippen molar-refractivity contribution in [2.45, 2.75) is 25.5 Å². The van der Waals surface area contributed by atoms with Crippen molar-refractivity contribution in [3.63, 3.8) is 0 Å². The molecule has 4 heterocycles. The lowest BCUT2D eigenvalue weighted by Gasteiger charge is -2.32. The highest BCUT2D eigenvalue weighted by Gasteiger charge is 2.26. The number of amides is 1. The van der Waals surface area contributed by atoms with Gasteiger partial charge in [0.05, 0.1) is 19.1 Å². The zero-order valence-electron chi connectivity index (χ0n) is 16.2. The molecule has 4 rings (SSSR count). The molecule has 1 aliphatic heterocycles. The smallest absolute Gasteiger partial charge is 0.332 e. The van der Waals surface area contributed by atoms with Crippen molar-refractivity contribution in [2.24, 2.45) is 14.1 Å². The van der Waals surface area contributed by atoms with Gasteiger partial charge in [0.1, 0.15) is 12.6 Å². The molecule has 0 radical (unpaired) electrons. The monoisotopic (exact) mass is 399 g/mol. The van der Waals surface area contributed by atoms with Crippen LogP contribution in [0, 0.1) is 0 Å². The highest BCUT2D eigenvalue weighted by molar-refractivity contribution is 5.79. The van der Waals surface area contributed by atoms with Crippen LogP contribution in [0.3, 0.4) is 0 Å². The van der Waals surface area contributed by atoms with Gasteiger partial charge in [-0.05, 0) is 12.8 Å². The second-order valence-electron chi connectivity index (χ2n) is 7.02. The fourth-order valence-electron chi connectivity index (χ4n) is 3.54. The highest BCUT2D eigenvalue weighted by Crippen LogP contribution is 2.17. The van der Waals surface area contributed by atoms with Gasteiger partial charge in [0.2, 0.25) is 11.8 Å². The average molecular weight is 399 g/mol. The number of carbonyl (C=O) groups excluding carboxylic acids is 1. The van der Waals surface area contributed by atoms with Crippen LogP contribution in [-0.4, -0.2) is 58.7 Å².